The second kappa shape index (κ2) is 6.92. The summed E-state index contributed by atoms with van der Waals surface area (Å²) in [6, 6.07) is 1.72. The van der Waals surface area contributed by atoms with Crippen LogP contribution in [-0.4, -0.2) is 39.2 Å². The molecule has 1 aliphatic rings. The SMILES string of the molecule is CS(=O)(=O)N[C@@H]1[C@H](Cc2cccc(Cl)c2F)NCC1(F)F.Cl. The second-order valence-corrected chi connectivity index (χ2v) is 7.22. The summed E-state index contributed by atoms with van der Waals surface area (Å²) in [5.41, 5.74) is 0.151. The summed E-state index contributed by atoms with van der Waals surface area (Å²) < 4.78 is 65.7. The maximum Gasteiger partial charge on any atom is 0.277 e. The van der Waals surface area contributed by atoms with E-state index in [4.69, 9.17) is 11.6 Å². The molecule has 2 atom stereocenters. The van der Waals surface area contributed by atoms with E-state index in [1.807, 2.05) is 4.72 Å². The van der Waals surface area contributed by atoms with Crippen molar-refractivity contribution >= 4 is 34.0 Å². The highest BCUT2D eigenvalue weighted by Crippen LogP contribution is 2.29. The Morgan fingerprint density at radius 3 is 2.68 bits per heavy atom. The molecule has 0 bridgehead atoms. The molecule has 126 valence electrons. The lowest BCUT2D eigenvalue weighted by Gasteiger charge is -2.24. The van der Waals surface area contributed by atoms with Crippen LogP contribution < -0.4 is 10.0 Å². The first-order valence-electron chi connectivity index (χ1n) is 6.11. The maximum absolute atomic E-state index is 13.8. The molecule has 4 nitrogen and oxygen atoms in total. The van der Waals surface area contributed by atoms with Gasteiger partial charge in [0, 0.05) is 6.04 Å². The van der Waals surface area contributed by atoms with Gasteiger partial charge in [0.25, 0.3) is 5.92 Å². The smallest absolute Gasteiger partial charge is 0.277 e. The minimum atomic E-state index is -3.81. The molecule has 1 heterocycles. The number of hydrogen-bond acceptors (Lipinski definition) is 3. The fourth-order valence-corrected chi connectivity index (χ4v) is 3.31. The first kappa shape index (κ1) is 19.5. The number of halogens is 5. The van der Waals surface area contributed by atoms with Crippen LogP contribution in [0.5, 0.6) is 0 Å². The van der Waals surface area contributed by atoms with E-state index in [0.717, 1.165) is 6.26 Å². The zero-order valence-corrected chi connectivity index (χ0v) is 13.8. The highest BCUT2D eigenvalue weighted by atomic mass is 35.5. The molecule has 0 saturated carbocycles. The Bertz CT molecular complexity index is 643. The van der Waals surface area contributed by atoms with E-state index in [1.54, 1.807) is 0 Å². The van der Waals surface area contributed by atoms with Crippen molar-refractivity contribution in [2.24, 2.45) is 0 Å². The van der Waals surface area contributed by atoms with Crippen molar-refractivity contribution in [1.82, 2.24) is 10.0 Å². The van der Waals surface area contributed by atoms with Crippen LogP contribution in [0.2, 0.25) is 5.02 Å². The molecule has 0 aromatic heterocycles. The van der Waals surface area contributed by atoms with Crippen molar-refractivity contribution in [3.8, 4) is 0 Å². The van der Waals surface area contributed by atoms with E-state index in [-0.39, 0.29) is 29.4 Å². The lowest BCUT2D eigenvalue weighted by molar-refractivity contribution is -0.000840. The number of alkyl halides is 2. The predicted octanol–water partition coefficient (Wildman–Crippen LogP) is 1.97. The third kappa shape index (κ3) is 4.48. The number of nitrogens with one attached hydrogen (secondary N) is 2. The molecule has 1 aromatic rings. The van der Waals surface area contributed by atoms with Crippen molar-refractivity contribution < 1.29 is 21.6 Å². The van der Waals surface area contributed by atoms with Crippen LogP contribution in [0, 0.1) is 5.82 Å². The van der Waals surface area contributed by atoms with Gasteiger partial charge >= 0.3 is 0 Å². The number of hydrogen-bond donors (Lipinski definition) is 2. The molecule has 1 saturated heterocycles. The van der Waals surface area contributed by atoms with Crippen molar-refractivity contribution in [1.29, 1.82) is 0 Å². The minimum Gasteiger partial charge on any atom is -0.306 e. The van der Waals surface area contributed by atoms with Crippen LogP contribution in [0.4, 0.5) is 13.2 Å². The van der Waals surface area contributed by atoms with E-state index >= 15 is 0 Å². The quantitative estimate of drug-likeness (QED) is 0.841. The Hall–Kier alpha value is -0.540. The van der Waals surface area contributed by atoms with Gasteiger partial charge in [-0.05, 0) is 18.1 Å². The summed E-state index contributed by atoms with van der Waals surface area (Å²) in [5, 5.41) is 2.42. The van der Waals surface area contributed by atoms with Crippen molar-refractivity contribution in [3.05, 3.63) is 34.6 Å². The van der Waals surface area contributed by atoms with Gasteiger partial charge in [-0.2, -0.15) is 0 Å². The molecular weight excluding hydrogens is 364 g/mol. The van der Waals surface area contributed by atoms with Crippen LogP contribution >= 0.6 is 24.0 Å². The summed E-state index contributed by atoms with van der Waals surface area (Å²) >= 11 is 5.64. The Labute approximate surface area is 137 Å². The van der Waals surface area contributed by atoms with Crippen molar-refractivity contribution in [2.45, 2.75) is 24.4 Å². The largest absolute Gasteiger partial charge is 0.306 e. The third-order valence-corrected chi connectivity index (χ3v) is 4.24. The first-order chi connectivity index (χ1) is 9.60. The summed E-state index contributed by atoms with van der Waals surface area (Å²) in [5.74, 6) is -3.93. The average molecular weight is 379 g/mol. The molecule has 10 heteroatoms. The van der Waals surface area contributed by atoms with Crippen molar-refractivity contribution in [2.75, 3.05) is 12.8 Å². The van der Waals surface area contributed by atoms with E-state index < -0.39 is 40.4 Å². The van der Waals surface area contributed by atoms with Crippen LogP contribution in [0.3, 0.4) is 0 Å². The Balaban J connectivity index is 0.00000242. The lowest BCUT2D eigenvalue weighted by Crippen LogP contribution is -2.51. The highest BCUT2D eigenvalue weighted by molar-refractivity contribution is 7.88. The topological polar surface area (TPSA) is 58.2 Å². The van der Waals surface area contributed by atoms with Gasteiger partial charge in [0.05, 0.1) is 17.8 Å². The van der Waals surface area contributed by atoms with Gasteiger partial charge in [0.2, 0.25) is 10.0 Å². The molecule has 1 aromatic carbocycles. The minimum absolute atomic E-state index is 0. The molecule has 1 aliphatic heterocycles. The summed E-state index contributed by atoms with van der Waals surface area (Å²) in [7, 11) is -3.81. The lowest BCUT2D eigenvalue weighted by atomic mass is 9.99. The van der Waals surface area contributed by atoms with Crippen LogP contribution in [0.15, 0.2) is 18.2 Å². The van der Waals surface area contributed by atoms with Gasteiger partial charge in [-0.25, -0.2) is 26.3 Å². The fourth-order valence-electron chi connectivity index (χ4n) is 2.32. The molecule has 0 spiro atoms. The summed E-state index contributed by atoms with van der Waals surface area (Å²) in [4.78, 5) is 0. The van der Waals surface area contributed by atoms with Gasteiger partial charge in [-0.15, -0.1) is 12.4 Å². The molecule has 2 N–H and O–H groups in total. The van der Waals surface area contributed by atoms with E-state index in [2.05, 4.69) is 5.32 Å². The molecule has 1 fully saturated rings. The summed E-state index contributed by atoms with van der Waals surface area (Å²) in [6.07, 6.45) is 0.702. The molecular formula is C12H15Cl2F3N2O2S. The number of sulfonamides is 1. The Kier molecular flexibility index (Phi) is 6.14. The van der Waals surface area contributed by atoms with Gasteiger partial charge in [0.15, 0.2) is 0 Å². The molecule has 2 rings (SSSR count). The zero-order valence-electron chi connectivity index (χ0n) is 11.4. The molecule has 0 aliphatic carbocycles. The second-order valence-electron chi connectivity index (χ2n) is 5.03. The van der Waals surface area contributed by atoms with Gasteiger partial charge in [0.1, 0.15) is 11.9 Å². The number of rotatable bonds is 4. The fraction of sp³-hybridized carbons (Fsp3) is 0.500. The first-order valence-corrected chi connectivity index (χ1v) is 8.38. The van der Waals surface area contributed by atoms with Crippen molar-refractivity contribution in [3.63, 3.8) is 0 Å². The molecule has 22 heavy (non-hydrogen) atoms. The van der Waals surface area contributed by atoms with Gasteiger partial charge < -0.3 is 5.32 Å². The van der Waals surface area contributed by atoms with E-state index in [0.29, 0.717) is 0 Å². The Morgan fingerprint density at radius 1 is 1.45 bits per heavy atom. The van der Waals surface area contributed by atoms with Gasteiger partial charge in [-0.3, -0.25) is 0 Å². The highest BCUT2D eigenvalue weighted by Gasteiger charge is 2.51. The number of benzene rings is 1. The maximum atomic E-state index is 13.8. The van der Waals surface area contributed by atoms with E-state index in [9.17, 15) is 21.6 Å². The van der Waals surface area contributed by atoms with Crippen LogP contribution in [-0.2, 0) is 16.4 Å². The Morgan fingerprint density at radius 2 is 2.09 bits per heavy atom. The normalized spacial score (nSPS) is 24.0. The zero-order chi connectivity index (χ0) is 15.8. The van der Waals surface area contributed by atoms with E-state index in [1.165, 1.54) is 18.2 Å². The average Bonchev–Trinajstić information content (AvgIpc) is 2.61. The molecule has 0 unspecified atom stereocenters. The summed E-state index contributed by atoms with van der Waals surface area (Å²) in [6.45, 7) is -0.674. The van der Waals surface area contributed by atoms with Crippen LogP contribution in [0.1, 0.15) is 5.56 Å². The standard InChI is InChI=1S/C12H14ClF3N2O2S.ClH/c1-21(19,20)18-11-9(17-6-12(11,15)16)5-7-3-2-4-8(13)10(7)14;/h2-4,9,11,17-18H,5-6H2,1H3;1H/t9-,11+;/m0./s1. The van der Waals surface area contributed by atoms with Gasteiger partial charge in [-0.1, -0.05) is 23.7 Å². The molecule has 0 radical (unpaired) electrons. The third-order valence-electron chi connectivity index (χ3n) is 3.27. The monoisotopic (exact) mass is 378 g/mol. The van der Waals surface area contributed by atoms with Crippen LogP contribution in [0.25, 0.3) is 0 Å². The predicted molar refractivity (Wildman–Crippen MR) is 80.9 cm³/mol. The molecule has 0 amide bonds.